The highest BCUT2D eigenvalue weighted by Crippen LogP contribution is 2.27. The highest BCUT2D eigenvalue weighted by molar-refractivity contribution is 9.10. The van der Waals surface area contributed by atoms with Gasteiger partial charge in [-0.3, -0.25) is 4.90 Å². The zero-order valence-electron chi connectivity index (χ0n) is 10.1. The summed E-state index contributed by atoms with van der Waals surface area (Å²) >= 11 is 5.53. The van der Waals surface area contributed by atoms with Crippen LogP contribution >= 0.6 is 27.7 Å². The zero-order valence-corrected chi connectivity index (χ0v) is 12.5. The summed E-state index contributed by atoms with van der Waals surface area (Å²) in [6.07, 6.45) is 0. The smallest absolute Gasteiger partial charge is 0.0471 e. The third-order valence-electron chi connectivity index (χ3n) is 3.19. The van der Waals surface area contributed by atoms with Crippen LogP contribution in [0.25, 0.3) is 0 Å². The standard InChI is InChI=1S/C13H19BrN2S/c1-10-9-16(6-7-17-10)13(8-15)11-2-4-12(14)5-3-11/h2-5,10,13H,6-9,15H2,1H3. The Labute approximate surface area is 116 Å². The molecule has 0 amide bonds. The fourth-order valence-corrected chi connectivity index (χ4v) is 3.61. The minimum Gasteiger partial charge on any atom is -0.329 e. The molecule has 2 atom stereocenters. The molecule has 1 aliphatic rings. The lowest BCUT2D eigenvalue weighted by Gasteiger charge is -2.36. The van der Waals surface area contributed by atoms with Gasteiger partial charge in [0, 0.05) is 41.2 Å². The molecule has 2 nitrogen and oxygen atoms in total. The molecule has 17 heavy (non-hydrogen) atoms. The number of thioether (sulfide) groups is 1. The largest absolute Gasteiger partial charge is 0.329 e. The van der Waals surface area contributed by atoms with E-state index in [1.807, 2.05) is 0 Å². The van der Waals surface area contributed by atoms with Crippen molar-refractivity contribution in [1.82, 2.24) is 4.90 Å². The average Bonchev–Trinajstić information content (AvgIpc) is 2.33. The van der Waals surface area contributed by atoms with Crippen LogP contribution in [-0.4, -0.2) is 35.5 Å². The number of benzene rings is 1. The van der Waals surface area contributed by atoms with Crippen LogP contribution in [-0.2, 0) is 0 Å². The summed E-state index contributed by atoms with van der Waals surface area (Å²) in [7, 11) is 0. The molecular formula is C13H19BrN2S. The summed E-state index contributed by atoms with van der Waals surface area (Å²) in [5.41, 5.74) is 7.29. The van der Waals surface area contributed by atoms with Gasteiger partial charge in [0.05, 0.1) is 0 Å². The number of rotatable bonds is 3. The van der Waals surface area contributed by atoms with E-state index in [1.165, 1.54) is 11.3 Å². The van der Waals surface area contributed by atoms with Crippen LogP contribution in [0, 0.1) is 0 Å². The van der Waals surface area contributed by atoms with Crippen molar-refractivity contribution in [3.05, 3.63) is 34.3 Å². The Morgan fingerprint density at radius 2 is 2.18 bits per heavy atom. The van der Waals surface area contributed by atoms with Crippen molar-refractivity contribution in [2.75, 3.05) is 25.4 Å². The summed E-state index contributed by atoms with van der Waals surface area (Å²) in [6, 6.07) is 8.91. The van der Waals surface area contributed by atoms with Crippen LogP contribution in [0.5, 0.6) is 0 Å². The highest BCUT2D eigenvalue weighted by Gasteiger charge is 2.24. The number of halogens is 1. The number of hydrogen-bond acceptors (Lipinski definition) is 3. The summed E-state index contributed by atoms with van der Waals surface area (Å²) in [5.74, 6) is 1.22. The van der Waals surface area contributed by atoms with E-state index < -0.39 is 0 Å². The molecule has 0 bridgehead atoms. The first-order valence-corrected chi connectivity index (χ1v) is 7.86. The topological polar surface area (TPSA) is 29.3 Å². The zero-order chi connectivity index (χ0) is 12.3. The minimum atomic E-state index is 0.367. The van der Waals surface area contributed by atoms with Crippen molar-refractivity contribution in [2.45, 2.75) is 18.2 Å². The molecule has 4 heteroatoms. The van der Waals surface area contributed by atoms with Gasteiger partial charge in [-0.15, -0.1) is 0 Å². The molecule has 0 spiro atoms. The van der Waals surface area contributed by atoms with Crippen LogP contribution in [0.15, 0.2) is 28.7 Å². The van der Waals surface area contributed by atoms with Gasteiger partial charge in [0.15, 0.2) is 0 Å². The van der Waals surface area contributed by atoms with E-state index in [-0.39, 0.29) is 0 Å². The van der Waals surface area contributed by atoms with E-state index >= 15 is 0 Å². The average molecular weight is 315 g/mol. The van der Waals surface area contributed by atoms with Gasteiger partial charge in [0.25, 0.3) is 0 Å². The van der Waals surface area contributed by atoms with Crippen molar-refractivity contribution in [3.8, 4) is 0 Å². The summed E-state index contributed by atoms with van der Waals surface area (Å²) in [4.78, 5) is 2.52. The first-order chi connectivity index (χ1) is 8.20. The van der Waals surface area contributed by atoms with Gasteiger partial charge in [-0.2, -0.15) is 11.8 Å². The summed E-state index contributed by atoms with van der Waals surface area (Å²) in [6.45, 7) is 5.28. The molecule has 2 unspecified atom stereocenters. The van der Waals surface area contributed by atoms with Crippen molar-refractivity contribution in [3.63, 3.8) is 0 Å². The van der Waals surface area contributed by atoms with E-state index in [9.17, 15) is 0 Å². The molecule has 94 valence electrons. The van der Waals surface area contributed by atoms with Crippen LogP contribution in [0.4, 0.5) is 0 Å². The van der Waals surface area contributed by atoms with Gasteiger partial charge >= 0.3 is 0 Å². The Hall–Kier alpha value is -0.0300. The first-order valence-electron chi connectivity index (χ1n) is 6.02. The van der Waals surface area contributed by atoms with Crippen molar-refractivity contribution in [2.24, 2.45) is 5.73 Å². The van der Waals surface area contributed by atoms with E-state index in [4.69, 9.17) is 5.73 Å². The Bertz CT molecular complexity index is 355. The second kappa shape index (κ2) is 6.23. The lowest BCUT2D eigenvalue weighted by molar-refractivity contribution is 0.211. The predicted molar refractivity (Wildman–Crippen MR) is 79.4 cm³/mol. The third kappa shape index (κ3) is 3.47. The second-order valence-corrected chi connectivity index (χ2v) is 6.94. The van der Waals surface area contributed by atoms with Gasteiger partial charge in [-0.25, -0.2) is 0 Å². The molecule has 1 saturated heterocycles. The van der Waals surface area contributed by atoms with E-state index in [2.05, 4.69) is 63.8 Å². The van der Waals surface area contributed by atoms with Crippen molar-refractivity contribution < 1.29 is 0 Å². The maximum atomic E-state index is 5.96. The van der Waals surface area contributed by atoms with Gasteiger partial charge in [0.1, 0.15) is 0 Å². The van der Waals surface area contributed by atoms with Gasteiger partial charge in [0.2, 0.25) is 0 Å². The maximum absolute atomic E-state index is 5.96. The Kier molecular flexibility index (Phi) is 4.91. The fourth-order valence-electron chi connectivity index (χ4n) is 2.31. The predicted octanol–water partition coefficient (Wildman–Crippen LogP) is 2.89. The Balaban J connectivity index is 2.12. The Morgan fingerprint density at radius 1 is 1.47 bits per heavy atom. The molecule has 1 aliphatic heterocycles. The summed E-state index contributed by atoms with van der Waals surface area (Å²) < 4.78 is 1.12. The van der Waals surface area contributed by atoms with E-state index in [1.54, 1.807) is 0 Å². The quantitative estimate of drug-likeness (QED) is 0.930. The third-order valence-corrected chi connectivity index (χ3v) is 4.86. The SMILES string of the molecule is CC1CN(C(CN)c2ccc(Br)cc2)CCS1. The number of nitrogens with two attached hydrogens (primary N) is 1. The molecular weight excluding hydrogens is 296 g/mol. The first kappa shape index (κ1) is 13.4. The molecule has 0 radical (unpaired) electrons. The van der Waals surface area contributed by atoms with E-state index in [0.717, 1.165) is 17.6 Å². The second-order valence-electron chi connectivity index (χ2n) is 4.48. The monoisotopic (exact) mass is 314 g/mol. The molecule has 2 rings (SSSR count). The van der Waals surface area contributed by atoms with Crippen LogP contribution in [0.1, 0.15) is 18.5 Å². The lowest BCUT2D eigenvalue weighted by Crippen LogP contribution is -2.42. The van der Waals surface area contributed by atoms with Crippen molar-refractivity contribution in [1.29, 1.82) is 0 Å². The van der Waals surface area contributed by atoms with E-state index in [0.29, 0.717) is 17.8 Å². The molecule has 2 N–H and O–H groups in total. The molecule has 1 heterocycles. The van der Waals surface area contributed by atoms with Gasteiger partial charge in [-0.1, -0.05) is 35.0 Å². The molecule has 1 aromatic rings. The molecule has 0 aromatic heterocycles. The minimum absolute atomic E-state index is 0.367. The van der Waals surface area contributed by atoms with Crippen LogP contribution in [0.3, 0.4) is 0 Å². The molecule has 1 fully saturated rings. The Morgan fingerprint density at radius 3 is 2.76 bits per heavy atom. The normalized spacial score (nSPS) is 23.6. The van der Waals surface area contributed by atoms with Gasteiger partial charge in [-0.05, 0) is 17.7 Å². The molecule has 1 aromatic carbocycles. The van der Waals surface area contributed by atoms with Crippen LogP contribution in [0.2, 0.25) is 0 Å². The van der Waals surface area contributed by atoms with Crippen LogP contribution < -0.4 is 5.73 Å². The summed E-state index contributed by atoms with van der Waals surface area (Å²) in [5, 5.41) is 0.716. The number of nitrogens with zero attached hydrogens (tertiary/aromatic N) is 1. The maximum Gasteiger partial charge on any atom is 0.0471 e. The lowest BCUT2D eigenvalue weighted by atomic mass is 10.1. The molecule has 0 aliphatic carbocycles. The fraction of sp³-hybridized carbons (Fsp3) is 0.538. The van der Waals surface area contributed by atoms with Gasteiger partial charge < -0.3 is 5.73 Å². The highest BCUT2D eigenvalue weighted by atomic mass is 79.9. The number of hydrogen-bond donors (Lipinski definition) is 1. The van der Waals surface area contributed by atoms with Crippen molar-refractivity contribution >= 4 is 27.7 Å². The molecule has 0 saturated carbocycles.